The van der Waals surface area contributed by atoms with Crippen molar-refractivity contribution < 1.29 is 4.74 Å². The number of benzene rings is 2. The lowest BCUT2D eigenvalue weighted by Crippen LogP contribution is -2.16. The van der Waals surface area contributed by atoms with E-state index in [2.05, 4.69) is 19.1 Å². The van der Waals surface area contributed by atoms with Gasteiger partial charge in [0.05, 0.1) is 18.7 Å². The maximum Gasteiger partial charge on any atom is 0.122 e. The zero-order valence-corrected chi connectivity index (χ0v) is 12.5. The molecule has 0 spiro atoms. The molecule has 2 N–H and O–H groups in total. The fraction of sp³-hybridized carbons (Fsp3) is 0.278. The van der Waals surface area contributed by atoms with Gasteiger partial charge in [-0.1, -0.05) is 29.8 Å². The number of nitrogens with two attached hydrogens (primary N) is 1. The lowest BCUT2D eigenvalue weighted by molar-refractivity contribution is 0.405. The molecule has 0 fully saturated rings. The third-order valence-electron chi connectivity index (χ3n) is 3.67. The maximum atomic E-state index is 8.85. The predicted octanol–water partition coefficient (Wildman–Crippen LogP) is 3.16. The molecule has 0 bridgehead atoms. The first-order valence-electron chi connectivity index (χ1n) is 7.01. The summed E-state index contributed by atoms with van der Waals surface area (Å²) in [6, 6.07) is 16.0. The molecular formula is C18H20N2O. The van der Waals surface area contributed by atoms with Gasteiger partial charge in [-0.15, -0.1) is 0 Å². The zero-order chi connectivity index (χ0) is 15.2. The first kappa shape index (κ1) is 15.1. The van der Waals surface area contributed by atoms with Crippen molar-refractivity contribution >= 4 is 0 Å². The van der Waals surface area contributed by atoms with E-state index < -0.39 is 0 Å². The normalized spacial score (nSPS) is 11.7. The molecule has 0 aliphatic heterocycles. The second-order valence-corrected chi connectivity index (χ2v) is 5.19. The molecule has 0 heterocycles. The van der Waals surface area contributed by atoms with Crippen LogP contribution in [0, 0.1) is 18.3 Å². The van der Waals surface area contributed by atoms with Crippen molar-refractivity contribution in [1.82, 2.24) is 0 Å². The fourth-order valence-electron chi connectivity index (χ4n) is 2.49. The van der Waals surface area contributed by atoms with Crippen molar-refractivity contribution in [1.29, 1.82) is 5.26 Å². The molecule has 2 aromatic carbocycles. The summed E-state index contributed by atoms with van der Waals surface area (Å²) in [4.78, 5) is 0. The Labute approximate surface area is 126 Å². The van der Waals surface area contributed by atoms with Crippen LogP contribution in [0.5, 0.6) is 5.75 Å². The highest BCUT2D eigenvalue weighted by atomic mass is 16.5. The number of hydrogen-bond donors (Lipinski definition) is 1. The molecule has 0 aliphatic rings. The molecule has 3 nitrogen and oxygen atoms in total. The summed E-state index contributed by atoms with van der Waals surface area (Å²) in [5, 5.41) is 8.85. The van der Waals surface area contributed by atoms with E-state index in [0.29, 0.717) is 12.1 Å². The van der Waals surface area contributed by atoms with E-state index in [4.69, 9.17) is 15.7 Å². The van der Waals surface area contributed by atoms with Crippen LogP contribution in [0.4, 0.5) is 0 Å². The fourth-order valence-corrected chi connectivity index (χ4v) is 2.49. The first-order chi connectivity index (χ1) is 10.2. The van der Waals surface area contributed by atoms with Gasteiger partial charge in [0, 0.05) is 5.92 Å². The molecule has 1 unspecified atom stereocenters. The Hall–Kier alpha value is -2.31. The van der Waals surface area contributed by atoms with Crippen molar-refractivity contribution in [3.05, 3.63) is 64.7 Å². The molecule has 0 saturated heterocycles. The number of methoxy groups -OCH3 is 1. The number of nitrogens with zero attached hydrogens (tertiary/aromatic N) is 1. The lowest BCUT2D eigenvalue weighted by Gasteiger charge is -2.19. The van der Waals surface area contributed by atoms with Gasteiger partial charge >= 0.3 is 0 Å². The second kappa shape index (κ2) is 6.92. The van der Waals surface area contributed by atoms with Crippen LogP contribution in [-0.4, -0.2) is 13.7 Å². The summed E-state index contributed by atoms with van der Waals surface area (Å²) in [6.07, 6.45) is 0.835. The van der Waals surface area contributed by atoms with Gasteiger partial charge in [0.25, 0.3) is 0 Å². The summed E-state index contributed by atoms with van der Waals surface area (Å²) in [7, 11) is 1.68. The van der Waals surface area contributed by atoms with E-state index in [1.165, 1.54) is 11.1 Å². The number of nitriles is 1. The van der Waals surface area contributed by atoms with Gasteiger partial charge in [-0.05, 0) is 49.2 Å². The topological polar surface area (TPSA) is 59.0 Å². The molecule has 0 aliphatic carbocycles. The van der Waals surface area contributed by atoms with E-state index in [1.54, 1.807) is 7.11 Å². The number of ether oxygens (including phenoxy) is 1. The molecule has 21 heavy (non-hydrogen) atoms. The minimum atomic E-state index is 0.202. The van der Waals surface area contributed by atoms with Crippen molar-refractivity contribution in [3.8, 4) is 11.8 Å². The molecule has 0 radical (unpaired) electrons. The highest BCUT2D eigenvalue weighted by Crippen LogP contribution is 2.29. The van der Waals surface area contributed by atoms with Gasteiger partial charge in [-0.3, -0.25) is 0 Å². The average Bonchev–Trinajstić information content (AvgIpc) is 2.53. The van der Waals surface area contributed by atoms with Crippen LogP contribution in [0.2, 0.25) is 0 Å². The van der Waals surface area contributed by atoms with E-state index in [1.807, 2.05) is 36.4 Å². The zero-order valence-electron chi connectivity index (χ0n) is 12.5. The molecule has 0 amide bonds. The van der Waals surface area contributed by atoms with Crippen LogP contribution in [-0.2, 0) is 6.42 Å². The molecule has 108 valence electrons. The summed E-state index contributed by atoms with van der Waals surface area (Å²) < 4.78 is 5.46. The van der Waals surface area contributed by atoms with Crippen LogP contribution < -0.4 is 10.5 Å². The van der Waals surface area contributed by atoms with E-state index in [-0.39, 0.29) is 5.92 Å². The molecular weight excluding hydrogens is 260 g/mol. The van der Waals surface area contributed by atoms with Crippen LogP contribution in [0.25, 0.3) is 0 Å². The van der Waals surface area contributed by atoms with Crippen LogP contribution >= 0.6 is 0 Å². The van der Waals surface area contributed by atoms with Gasteiger partial charge < -0.3 is 10.5 Å². The Kier molecular flexibility index (Phi) is 4.97. The standard InChI is InChI=1S/C18H20N2O/c1-13-3-8-18(21-2)17(9-13)16(12-20)10-14-4-6-15(11-19)7-5-14/h3-9,16H,10,12,20H2,1-2H3. The molecule has 0 aromatic heterocycles. The summed E-state index contributed by atoms with van der Waals surface area (Å²) in [6.45, 7) is 2.62. The van der Waals surface area contributed by atoms with Crippen LogP contribution in [0.15, 0.2) is 42.5 Å². The van der Waals surface area contributed by atoms with Gasteiger partial charge in [-0.25, -0.2) is 0 Å². The number of aryl methyl sites for hydroxylation is 1. The van der Waals surface area contributed by atoms with Crippen molar-refractivity contribution in [3.63, 3.8) is 0 Å². The van der Waals surface area contributed by atoms with Crippen LogP contribution in [0.3, 0.4) is 0 Å². The average molecular weight is 280 g/mol. The molecule has 2 rings (SSSR count). The maximum absolute atomic E-state index is 8.85. The van der Waals surface area contributed by atoms with Crippen molar-refractivity contribution in [2.24, 2.45) is 5.73 Å². The van der Waals surface area contributed by atoms with E-state index >= 15 is 0 Å². The predicted molar refractivity (Wildman–Crippen MR) is 84.4 cm³/mol. The second-order valence-electron chi connectivity index (χ2n) is 5.19. The Morgan fingerprint density at radius 1 is 1.19 bits per heavy atom. The highest BCUT2D eigenvalue weighted by molar-refractivity contribution is 5.41. The lowest BCUT2D eigenvalue weighted by atomic mass is 9.90. The SMILES string of the molecule is COc1ccc(C)cc1C(CN)Cc1ccc(C#N)cc1. The van der Waals surface area contributed by atoms with Crippen molar-refractivity contribution in [2.75, 3.05) is 13.7 Å². The van der Waals surface area contributed by atoms with Gasteiger partial charge in [0.2, 0.25) is 0 Å². The van der Waals surface area contributed by atoms with E-state index in [9.17, 15) is 0 Å². The Bertz CT molecular complexity index is 641. The quantitative estimate of drug-likeness (QED) is 0.915. The number of rotatable bonds is 5. The van der Waals surface area contributed by atoms with Crippen molar-refractivity contribution in [2.45, 2.75) is 19.3 Å². The monoisotopic (exact) mass is 280 g/mol. The number of hydrogen-bond acceptors (Lipinski definition) is 3. The summed E-state index contributed by atoms with van der Waals surface area (Å²) in [5.74, 6) is 1.08. The third-order valence-corrected chi connectivity index (χ3v) is 3.67. The summed E-state index contributed by atoms with van der Waals surface area (Å²) in [5.41, 5.74) is 10.2. The molecule has 1 atom stereocenters. The molecule has 3 heteroatoms. The minimum Gasteiger partial charge on any atom is -0.496 e. The Morgan fingerprint density at radius 2 is 1.90 bits per heavy atom. The summed E-state index contributed by atoms with van der Waals surface area (Å²) >= 11 is 0. The molecule has 2 aromatic rings. The smallest absolute Gasteiger partial charge is 0.122 e. The first-order valence-corrected chi connectivity index (χ1v) is 7.01. The van der Waals surface area contributed by atoms with Gasteiger partial charge in [0.15, 0.2) is 0 Å². The highest BCUT2D eigenvalue weighted by Gasteiger charge is 2.15. The Morgan fingerprint density at radius 3 is 2.48 bits per heavy atom. The third kappa shape index (κ3) is 3.62. The van der Waals surface area contributed by atoms with Gasteiger partial charge in [0.1, 0.15) is 5.75 Å². The molecule has 0 saturated carbocycles. The van der Waals surface area contributed by atoms with Gasteiger partial charge in [-0.2, -0.15) is 5.26 Å². The minimum absolute atomic E-state index is 0.202. The largest absolute Gasteiger partial charge is 0.496 e. The Balaban J connectivity index is 2.27. The van der Waals surface area contributed by atoms with Crippen LogP contribution in [0.1, 0.15) is 28.2 Å². The van der Waals surface area contributed by atoms with E-state index in [0.717, 1.165) is 17.7 Å².